The van der Waals surface area contributed by atoms with Crippen LogP contribution in [0.4, 0.5) is 5.69 Å². The molecule has 0 radical (unpaired) electrons. The van der Waals surface area contributed by atoms with Gasteiger partial charge in [-0.25, -0.2) is 8.42 Å². The first-order valence-corrected chi connectivity index (χ1v) is 11.4. The van der Waals surface area contributed by atoms with Crippen molar-refractivity contribution in [3.05, 3.63) is 48.0 Å². The van der Waals surface area contributed by atoms with Gasteiger partial charge in [0.1, 0.15) is 0 Å². The van der Waals surface area contributed by atoms with Crippen molar-refractivity contribution >= 4 is 21.6 Å². The van der Waals surface area contributed by atoms with Crippen molar-refractivity contribution in [1.82, 2.24) is 5.32 Å². The zero-order valence-electron chi connectivity index (χ0n) is 16.4. The fourth-order valence-corrected chi connectivity index (χ4v) is 4.40. The van der Waals surface area contributed by atoms with E-state index in [1.54, 1.807) is 30.3 Å². The second-order valence-corrected chi connectivity index (χ2v) is 8.87. The molecule has 160 valence electrons. The van der Waals surface area contributed by atoms with Crippen LogP contribution in [-0.2, 0) is 14.8 Å². The molecule has 2 aromatic carbocycles. The molecule has 0 bridgehead atoms. The van der Waals surface area contributed by atoms with E-state index in [1.807, 2.05) is 0 Å². The average molecular weight is 432 g/mol. The van der Waals surface area contributed by atoms with Gasteiger partial charge in [-0.05, 0) is 49.2 Å². The topological polar surface area (TPSA) is 103 Å². The van der Waals surface area contributed by atoms with Crippen LogP contribution < -0.4 is 19.5 Å². The Labute approximate surface area is 175 Å². The lowest BCUT2D eigenvalue weighted by molar-refractivity contribution is 0.0858. The van der Waals surface area contributed by atoms with Crippen molar-refractivity contribution < 1.29 is 27.4 Å². The molecule has 2 heterocycles. The summed E-state index contributed by atoms with van der Waals surface area (Å²) in [6.45, 7) is 2.21. The van der Waals surface area contributed by atoms with Crippen LogP contribution in [0.1, 0.15) is 29.6 Å². The first kappa shape index (κ1) is 20.5. The van der Waals surface area contributed by atoms with Crippen LogP contribution in [0.2, 0.25) is 0 Å². The quantitative estimate of drug-likeness (QED) is 0.727. The summed E-state index contributed by atoms with van der Waals surface area (Å²) < 4.78 is 44.6. The highest BCUT2D eigenvalue weighted by Gasteiger charge is 2.20. The van der Waals surface area contributed by atoms with E-state index < -0.39 is 10.0 Å². The third-order valence-corrected chi connectivity index (χ3v) is 6.32. The molecule has 0 spiro atoms. The fourth-order valence-electron chi connectivity index (χ4n) is 3.33. The highest BCUT2D eigenvalue weighted by molar-refractivity contribution is 7.92. The molecule has 0 unspecified atom stereocenters. The number of carbonyl (C=O) groups excluding carboxylic acids is 1. The van der Waals surface area contributed by atoms with Crippen LogP contribution in [0, 0.1) is 0 Å². The van der Waals surface area contributed by atoms with Gasteiger partial charge in [-0.3, -0.25) is 9.52 Å². The molecule has 2 N–H and O–H groups in total. The Bertz CT molecular complexity index is 1000. The number of amides is 1. The number of anilines is 1. The predicted octanol–water partition coefficient (Wildman–Crippen LogP) is 2.56. The van der Waals surface area contributed by atoms with Crippen molar-refractivity contribution in [2.45, 2.75) is 30.3 Å². The molecule has 2 aromatic rings. The van der Waals surface area contributed by atoms with Crippen molar-refractivity contribution in [2.75, 3.05) is 31.1 Å². The summed E-state index contributed by atoms with van der Waals surface area (Å²) in [5, 5.41) is 2.84. The monoisotopic (exact) mass is 432 g/mol. The largest absolute Gasteiger partial charge is 0.490 e. The first-order valence-electron chi connectivity index (χ1n) is 9.94. The number of hydrogen-bond acceptors (Lipinski definition) is 6. The smallest absolute Gasteiger partial charge is 0.262 e. The highest BCUT2D eigenvalue weighted by atomic mass is 32.2. The number of ether oxygens (including phenoxy) is 3. The van der Waals surface area contributed by atoms with Crippen LogP contribution in [0.15, 0.2) is 47.4 Å². The van der Waals surface area contributed by atoms with E-state index in [4.69, 9.17) is 14.2 Å². The van der Waals surface area contributed by atoms with Crippen LogP contribution in [-0.4, -0.2) is 46.8 Å². The molecule has 1 atom stereocenters. The van der Waals surface area contributed by atoms with Crippen LogP contribution in [0.25, 0.3) is 0 Å². The molecule has 1 amide bonds. The van der Waals surface area contributed by atoms with Gasteiger partial charge in [-0.15, -0.1) is 0 Å². The molecular formula is C21H24N2O6S. The molecule has 2 aliphatic rings. The first-order chi connectivity index (χ1) is 14.5. The Kier molecular flexibility index (Phi) is 6.10. The van der Waals surface area contributed by atoms with E-state index >= 15 is 0 Å². The zero-order valence-corrected chi connectivity index (χ0v) is 17.2. The highest BCUT2D eigenvalue weighted by Crippen LogP contribution is 2.32. The summed E-state index contributed by atoms with van der Waals surface area (Å²) in [6.07, 6.45) is 2.76. The third-order valence-electron chi connectivity index (χ3n) is 4.94. The normalized spacial score (nSPS) is 18.5. The Morgan fingerprint density at radius 2 is 1.73 bits per heavy atom. The molecule has 4 rings (SSSR count). The minimum Gasteiger partial charge on any atom is -0.490 e. The van der Waals surface area contributed by atoms with Crippen molar-refractivity contribution in [3.8, 4) is 11.5 Å². The minimum atomic E-state index is -3.82. The van der Waals surface area contributed by atoms with E-state index in [0.717, 1.165) is 25.9 Å². The number of hydrogen-bond donors (Lipinski definition) is 2. The molecular weight excluding hydrogens is 408 g/mol. The van der Waals surface area contributed by atoms with E-state index in [1.165, 1.54) is 12.1 Å². The number of nitrogens with one attached hydrogen (secondary N) is 2. The molecule has 2 aliphatic heterocycles. The molecule has 0 aliphatic carbocycles. The van der Waals surface area contributed by atoms with Crippen LogP contribution >= 0.6 is 0 Å². The van der Waals surface area contributed by atoms with Crippen molar-refractivity contribution in [2.24, 2.45) is 0 Å². The van der Waals surface area contributed by atoms with Gasteiger partial charge in [-0.1, -0.05) is 0 Å². The van der Waals surface area contributed by atoms with Crippen LogP contribution in [0.3, 0.4) is 0 Å². The molecule has 30 heavy (non-hydrogen) atoms. The number of benzene rings is 2. The van der Waals surface area contributed by atoms with Crippen molar-refractivity contribution in [1.29, 1.82) is 0 Å². The lowest BCUT2D eigenvalue weighted by Gasteiger charge is -2.12. The van der Waals surface area contributed by atoms with Gasteiger partial charge in [-0.2, -0.15) is 0 Å². The second-order valence-electron chi connectivity index (χ2n) is 7.19. The summed E-state index contributed by atoms with van der Waals surface area (Å²) in [5.74, 6) is 0.723. The maximum absolute atomic E-state index is 12.7. The Morgan fingerprint density at radius 3 is 2.47 bits per heavy atom. The van der Waals surface area contributed by atoms with Gasteiger partial charge in [0, 0.05) is 36.9 Å². The van der Waals surface area contributed by atoms with Gasteiger partial charge in [0.2, 0.25) is 0 Å². The lowest BCUT2D eigenvalue weighted by atomic mass is 10.2. The summed E-state index contributed by atoms with van der Waals surface area (Å²) in [4.78, 5) is 12.3. The van der Waals surface area contributed by atoms with Gasteiger partial charge in [0.15, 0.2) is 11.5 Å². The Balaban J connectivity index is 1.40. The fraction of sp³-hybridized carbons (Fsp3) is 0.381. The average Bonchev–Trinajstić information content (AvgIpc) is 3.15. The van der Waals surface area contributed by atoms with Gasteiger partial charge < -0.3 is 19.5 Å². The molecule has 9 heteroatoms. The zero-order chi connectivity index (χ0) is 21.0. The molecule has 0 saturated carbocycles. The van der Waals surface area contributed by atoms with Crippen molar-refractivity contribution in [3.63, 3.8) is 0 Å². The van der Waals surface area contributed by atoms with E-state index in [-0.39, 0.29) is 16.9 Å². The van der Waals surface area contributed by atoms with E-state index in [0.29, 0.717) is 42.5 Å². The standard InChI is InChI=1S/C21H24N2O6S/c24-21(22-14-17-3-1-10-27-17)15-4-6-16(7-5-15)23-30(25,26)18-8-9-19-20(13-18)29-12-2-11-28-19/h4-9,13,17,23H,1-3,10-12,14H2,(H,22,24)/t17-/m1/s1. The number of rotatable bonds is 6. The molecule has 8 nitrogen and oxygen atoms in total. The lowest BCUT2D eigenvalue weighted by Crippen LogP contribution is -2.31. The summed E-state index contributed by atoms with van der Waals surface area (Å²) in [7, 11) is -3.82. The maximum Gasteiger partial charge on any atom is 0.262 e. The van der Waals surface area contributed by atoms with Gasteiger partial charge in [0.25, 0.3) is 15.9 Å². The SMILES string of the molecule is O=C(NC[C@H]1CCCO1)c1ccc(NS(=O)(=O)c2ccc3c(c2)OCCCO3)cc1. The number of fused-ring (bicyclic) bond motifs is 1. The Hall–Kier alpha value is -2.78. The summed E-state index contributed by atoms with van der Waals surface area (Å²) in [5.41, 5.74) is 0.810. The second kappa shape index (κ2) is 8.93. The summed E-state index contributed by atoms with van der Waals surface area (Å²) >= 11 is 0. The predicted molar refractivity (Wildman–Crippen MR) is 111 cm³/mol. The molecule has 1 saturated heterocycles. The minimum absolute atomic E-state index is 0.0651. The van der Waals surface area contributed by atoms with Gasteiger partial charge >= 0.3 is 0 Å². The number of carbonyl (C=O) groups is 1. The number of sulfonamides is 1. The van der Waals surface area contributed by atoms with Crippen LogP contribution in [0.5, 0.6) is 11.5 Å². The third kappa shape index (κ3) is 4.85. The molecule has 1 fully saturated rings. The van der Waals surface area contributed by atoms with E-state index in [9.17, 15) is 13.2 Å². The van der Waals surface area contributed by atoms with Gasteiger partial charge in [0.05, 0.1) is 24.2 Å². The molecule has 0 aromatic heterocycles. The summed E-state index contributed by atoms with van der Waals surface area (Å²) in [6, 6.07) is 10.8. The van der Waals surface area contributed by atoms with E-state index in [2.05, 4.69) is 10.0 Å². The maximum atomic E-state index is 12.7. The Morgan fingerprint density at radius 1 is 0.967 bits per heavy atom.